The highest BCUT2D eigenvalue weighted by atomic mass is 32.2. The molecule has 3 aromatic rings. The summed E-state index contributed by atoms with van der Waals surface area (Å²) in [6, 6.07) is 6.46. The van der Waals surface area contributed by atoms with Gasteiger partial charge in [0.15, 0.2) is 11.6 Å². The second-order valence-electron chi connectivity index (χ2n) is 11.1. The summed E-state index contributed by atoms with van der Waals surface area (Å²) in [5, 5.41) is 10.4. The van der Waals surface area contributed by atoms with Crippen molar-refractivity contribution in [1.29, 1.82) is 0 Å². The van der Waals surface area contributed by atoms with Crippen LogP contribution in [0.15, 0.2) is 35.0 Å². The lowest BCUT2D eigenvalue weighted by Gasteiger charge is -2.35. The van der Waals surface area contributed by atoms with Gasteiger partial charge < -0.3 is 25.2 Å². The van der Waals surface area contributed by atoms with Crippen LogP contribution in [0.5, 0.6) is 5.75 Å². The molecule has 2 aliphatic rings. The van der Waals surface area contributed by atoms with Crippen LogP contribution in [0.25, 0.3) is 11.5 Å². The number of benzene rings is 1. The molecule has 230 valence electrons. The van der Waals surface area contributed by atoms with Crippen molar-refractivity contribution in [3.63, 3.8) is 0 Å². The van der Waals surface area contributed by atoms with Crippen LogP contribution in [-0.4, -0.2) is 113 Å². The predicted octanol–water partition coefficient (Wildman–Crippen LogP) is 0.717. The fourth-order valence-electron chi connectivity index (χ4n) is 4.91. The van der Waals surface area contributed by atoms with E-state index in [-0.39, 0.29) is 40.8 Å². The molecule has 2 amide bonds. The van der Waals surface area contributed by atoms with E-state index in [0.29, 0.717) is 49.0 Å². The van der Waals surface area contributed by atoms with Crippen LogP contribution in [0.2, 0.25) is 0 Å². The molecule has 1 aromatic carbocycles. The number of carbonyl (C=O) groups excluding carboxylic acids is 2. The van der Waals surface area contributed by atoms with E-state index in [1.807, 2.05) is 6.92 Å². The van der Waals surface area contributed by atoms with E-state index in [1.54, 1.807) is 18.2 Å². The number of piperazine rings is 1. The second kappa shape index (κ2) is 12.8. The molecule has 6 radical (unpaired) electrons. The van der Waals surface area contributed by atoms with Crippen LogP contribution < -0.4 is 20.7 Å². The molecular formula is C27H31B3N8O6S. The Morgan fingerprint density at radius 1 is 1.13 bits per heavy atom. The van der Waals surface area contributed by atoms with E-state index < -0.39 is 21.2 Å². The summed E-state index contributed by atoms with van der Waals surface area (Å²) in [6.07, 6.45) is 4.09. The first-order valence-corrected chi connectivity index (χ1v) is 16.1. The second-order valence-corrected chi connectivity index (χ2v) is 13.1. The molecule has 14 nitrogen and oxygen atoms in total. The van der Waals surface area contributed by atoms with Crippen LogP contribution in [0, 0.1) is 5.92 Å². The zero-order chi connectivity index (χ0) is 32.5. The van der Waals surface area contributed by atoms with Gasteiger partial charge in [-0.1, -0.05) is 16.5 Å². The minimum Gasteiger partial charge on any atom is -0.494 e. The van der Waals surface area contributed by atoms with E-state index in [4.69, 9.17) is 32.8 Å². The van der Waals surface area contributed by atoms with Gasteiger partial charge in [0.25, 0.3) is 11.8 Å². The van der Waals surface area contributed by atoms with Crippen molar-refractivity contribution in [2.75, 3.05) is 50.2 Å². The van der Waals surface area contributed by atoms with Crippen LogP contribution in [0.1, 0.15) is 42.0 Å². The van der Waals surface area contributed by atoms with Gasteiger partial charge in [-0.3, -0.25) is 14.5 Å². The van der Waals surface area contributed by atoms with E-state index in [1.165, 1.54) is 29.9 Å². The summed E-state index contributed by atoms with van der Waals surface area (Å²) >= 11 is 0. The SMILES string of the molecule is [B]C([B])([B])NC(=O)c1cnc(NC(=O)C2CC2)cc1Nc1cccc(-c2nc(C(C)N3CCN(S(C)(=O)=O)CC3)no2)c1OC. The molecule has 1 atom stereocenters. The Balaban J connectivity index is 1.41. The van der Waals surface area contributed by atoms with Crippen LogP contribution >= 0.6 is 0 Å². The fraction of sp³-hybridized carbons (Fsp3) is 0.444. The highest BCUT2D eigenvalue weighted by molar-refractivity contribution is 7.88. The molecule has 0 bridgehead atoms. The van der Waals surface area contributed by atoms with Crippen LogP contribution in [0.4, 0.5) is 17.2 Å². The van der Waals surface area contributed by atoms with Gasteiger partial charge in [0.2, 0.25) is 15.9 Å². The first-order valence-electron chi connectivity index (χ1n) is 14.2. The summed E-state index contributed by atoms with van der Waals surface area (Å²) in [5.41, 5.74) is 1.20. The number of ether oxygens (including phenoxy) is 1. The van der Waals surface area contributed by atoms with Crippen molar-refractivity contribution in [1.82, 2.24) is 29.6 Å². The normalized spacial score (nSPS) is 17.0. The van der Waals surface area contributed by atoms with Crippen molar-refractivity contribution in [3.05, 3.63) is 41.9 Å². The maximum Gasteiger partial charge on any atom is 0.261 e. The van der Waals surface area contributed by atoms with E-state index in [9.17, 15) is 18.0 Å². The molecule has 18 heteroatoms. The maximum absolute atomic E-state index is 13.0. The molecule has 1 aliphatic carbocycles. The molecule has 1 aliphatic heterocycles. The van der Waals surface area contributed by atoms with Crippen molar-refractivity contribution < 1.29 is 27.3 Å². The van der Waals surface area contributed by atoms with E-state index in [2.05, 4.69) is 36.0 Å². The molecular weight excluding hydrogens is 597 g/mol. The van der Waals surface area contributed by atoms with Gasteiger partial charge in [-0.2, -0.15) is 9.29 Å². The Hall–Kier alpha value is -3.89. The number of aromatic nitrogens is 3. The topological polar surface area (TPSA) is 172 Å². The third-order valence-electron chi connectivity index (χ3n) is 7.50. The Bertz CT molecular complexity index is 1690. The Labute approximate surface area is 265 Å². The Morgan fingerprint density at radius 2 is 1.84 bits per heavy atom. The van der Waals surface area contributed by atoms with Crippen LogP contribution in [-0.2, 0) is 14.8 Å². The molecule has 45 heavy (non-hydrogen) atoms. The van der Waals surface area contributed by atoms with Gasteiger partial charge in [0, 0.05) is 44.4 Å². The molecule has 1 saturated carbocycles. The number of hydrogen-bond acceptors (Lipinski definition) is 11. The molecule has 0 spiro atoms. The molecule has 2 fully saturated rings. The van der Waals surface area contributed by atoms with Gasteiger partial charge in [0.05, 0.1) is 65.4 Å². The van der Waals surface area contributed by atoms with Crippen molar-refractivity contribution >= 4 is 62.6 Å². The third kappa shape index (κ3) is 7.86. The van der Waals surface area contributed by atoms with Gasteiger partial charge in [-0.25, -0.2) is 13.4 Å². The summed E-state index contributed by atoms with van der Waals surface area (Å²) in [4.78, 5) is 36.3. The van der Waals surface area contributed by atoms with E-state index in [0.717, 1.165) is 12.8 Å². The van der Waals surface area contributed by atoms with Crippen molar-refractivity contribution in [2.45, 2.75) is 31.0 Å². The summed E-state index contributed by atoms with van der Waals surface area (Å²) in [6.45, 7) is 3.71. The molecule has 1 saturated heterocycles. The number of methoxy groups -OCH3 is 1. The maximum atomic E-state index is 13.0. The minimum atomic E-state index is -3.25. The average Bonchev–Trinajstić information content (AvgIpc) is 3.72. The molecule has 3 N–H and O–H groups in total. The number of para-hydroxylation sites is 1. The number of nitrogens with zero attached hydrogens (tertiary/aromatic N) is 5. The van der Waals surface area contributed by atoms with Gasteiger partial charge in [0.1, 0.15) is 5.82 Å². The smallest absolute Gasteiger partial charge is 0.261 e. The quantitative estimate of drug-likeness (QED) is 0.256. The molecule has 1 unspecified atom stereocenters. The highest BCUT2D eigenvalue weighted by Crippen LogP contribution is 2.39. The predicted molar refractivity (Wildman–Crippen MR) is 169 cm³/mol. The Morgan fingerprint density at radius 3 is 2.47 bits per heavy atom. The van der Waals surface area contributed by atoms with Crippen molar-refractivity contribution in [2.24, 2.45) is 5.92 Å². The number of amides is 2. The first kappa shape index (κ1) is 32.5. The molecule has 5 rings (SSSR count). The molecule has 3 heterocycles. The van der Waals surface area contributed by atoms with E-state index >= 15 is 0 Å². The summed E-state index contributed by atoms with van der Waals surface area (Å²) < 4.78 is 36.6. The number of rotatable bonds is 11. The zero-order valence-corrected chi connectivity index (χ0v) is 25.9. The number of nitrogens with one attached hydrogen (secondary N) is 3. The first-order chi connectivity index (χ1) is 21.2. The molecule has 2 aromatic heterocycles. The lowest BCUT2D eigenvalue weighted by Crippen LogP contribution is -2.50. The summed E-state index contributed by atoms with van der Waals surface area (Å²) in [7, 11) is 15.0. The van der Waals surface area contributed by atoms with Gasteiger partial charge >= 0.3 is 0 Å². The van der Waals surface area contributed by atoms with Gasteiger partial charge in [-0.15, -0.1) is 0 Å². The summed E-state index contributed by atoms with van der Waals surface area (Å²) in [5.74, 6) is 0.254. The number of pyridine rings is 1. The zero-order valence-electron chi connectivity index (χ0n) is 25.1. The lowest BCUT2D eigenvalue weighted by molar-refractivity contribution is -0.117. The van der Waals surface area contributed by atoms with Gasteiger partial charge in [-0.05, 0) is 31.9 Å². The lowest BCUT2D eigenvalue weighted by atomic mass is 9.49. The fourth-order valence-corrected chi connectivity index (χ4v) is 5.74. The standard InChI is InChI=1S/C27H31B3N8O6S/c1-15(37-9-11-38(12-10-37)45(3,41)42)23-34-26(44-36-23)17-5-4-6-19(22(17)43-2)32-20-13-21(33-24(39)16-7-8-16)31-14-18(20)25(40)35-27(28,29)30/h4-6,13-16H,7-12H2,1-3H3,(H,35,40)(H2,31,32,33,39). The number of anilines is 3. The van der Waals surface area contributed by atoms with Crippen molar-refractivity contribution in [3.8, 4) is 17.2 Å². The average molecular weight is 628 g/mol. The number of sulfonamides is 1. The third-order valence-corrected chi connectivity index (χ3v) is 8.81. The number of hydrogen-bond donors (Lipinski definition) is 3. The number of carbonyl (C=O) groups is 2. The van der Waals surface area contributed by atoms with Crippen LogP contribution in [0.3, 0.4) is 0 Å². The monoisotopic (exact) mass is 628 g/mol. The highest BCUT2D eigenvalue weighted by Gasteiger charge is 2.31. The largest absolute Gasteiger partial charge is 0.494 e. The Kier molecular flexibility index (Phi) is 9.28. The minimum absolute atomic E-state index is 0.0440.